The van der Waals surface area contributed by atoms with Crippen molar-refractivity contribution in [3.63, 3.8) is 0 Å². The van der Waals surface area contributed by atoms with Crippen LogP contribution in [0.5, 0.6) is 0 Å². The predicted molar refractivity (Wildman–Crippen MR) is 84.6 cm³/mol. The third-order valence-corrected chi connectivity index (χ3v) is 4.40. The zero-order chi connectivity index (χ0) is 16.2. The van der Waals surface area contributed by atoms with E-state index in [0.717, 1.165) is 50.0 Å². The van der Waals surface area contributed by atoms with Crippen LogP contribution in [0.25, 0.3) is 0 Å². The van der Waals surface area contributed by atoms with Crippen molar-refractivity contribution >= 4 is 5.91 Å². The lowest BCUT2D eigenvalue weighted by Crippen LogP contribution is -2.39. The maximum absolute atomic E-state index is 12.9. The highest BCUT2D eigenvalue weighted by atomic mass is 19.1. The normalized spacial score (nSPS) is 18.2. The Morgan fingerprint density at radius 2 is 2.17 bits per heavy atom. The molecule has 5 heteroatoms. The standard InChI is InChI=1S/C18H21FN2O2/c1-13-11-17(23-20-13)18(22)21-10-2-3-15(12-21)5-4-14-6-8-16(19)9-7-14/h6-9,11,15H,2-5,10,12H2,1H3/t15-/m1/s1. The van der Waals surface area contributed by atoms with E-state index in [4.69, 9.17) is 4.52 Å². The Morgan fingerprint density at radius 1 is 1.39 bits per heavy atom. The molecule has 1 atom stereocenters. The summed E-state index contributed by atoms with van der Waals surface area (Å²) in [4.78, 5) is 14.3. The van der Waals surface area contributed by atoms with Gasteiger partial charge in [-0.25, -0.2) is 4.39 Å². The summed E-state index contributed by atoms with van der Waals surface area (Å²) in [5, 5.41) is 3.78. The molecule has 1 aliphatic rings. The molecule has 4 nitrogen and oxygen atoms in total. The first kappa shape index (κ1) is 15.7. The maximum Gasteiger partial charge on any atom is 0.292 e. The molecule has 0 radical (unpaired) electrons. The number of hydrogen-bond donors (Lipinski definition) is 0. The topological polar surface area (TPSA) is 46.3 Å². The number of amides is 1. The molecule has 0 spiro atoms. The summed E-state index contributed by atoms with van der Waals surface area (Å²) < 4.78 is 18.0. The minimum absolute atomic E-state index is 0.0721. The molecular formula is C18H21FN2O2. The van der Waals surface area contributed by atoms with Gasteiger partial charge in [-0.3, -0.25) is 4.79 Å². The van der Waals surface area contributed by atoms with Gasteiger partial charge in [-0.2, -0.15) is 0 Å². The van der Waals surface area contributed by atoms with Gasteiger partial charge in [-0.05, 0) is 56.2 Å². The molecule has 1 amide bonds. The number of benzene rings is 1. The Morgan fingerprint density at radius 3 is 2.87 bits per heavy atom. The average molecular weight is 316 g/mol. The van der Waals surface area contributed by atoms with Gasteiger partial charge in [0.15, 0.2) is 0 Å². The van der Waals surface area contributed by atoms with Gasteiger partial charge < -0.3 is 9.42 Å². The number of aryl methyl sites for hydroxylation is 2. The minimum atomic E-state index is -0.203. The molecule has 23 heavy (non-hydrogen) atoms. The molecule has 1 aliphatic heterocycles. The molecule has 0 aliphatic carbocycles. The van der Waals surface area contributed by atoms with Crippen molar-refractivity contribution in [2.24, 2.45) is 5.92 Å². The number of hydrogen-bond acceptors (Lipinski definition) is 3. The highest BCUT2D eigenvalue weighted by Gasteiger charge is 2.26. The van der Waals surface area contributed by atoms with Crippen molar-refractivity contribution in [2.45, 2.75) is 32.6 Å². The van der Waals surface area contributed by atoms with E-state index in [1.54, 1.807) is 6.07 Å². The first-order chi connectivity index (χ1) is 11.1. The number of rotatable bonds is 4. The third kappa shape index (κ3) is 3.97. The summed E-state index contributed by atoms with van der Waals surface area (Å²) in [6.07, 6.45) is 4.05. The second kappa shape index (κ2) is 6.94. The molecule has 0 bridgehead atoms. The van der Waals surface area contributed by atoms with Crippen LogP contribution in [0.4, 0.5) is 4.39 Å². The van der Waals surface area contributed by atoms with Crippen LogP contribution in [0.15, 0.2) is 34.9 Å². The van der Waals surface area contributed by atoms with E-state index < -0.39 is 0 Å². The minimum Gasteiger partial charge on any atom is -0.351 e. The van der Waals surface area contributed by atoms with Crippen LogP contribution in [0, 0.1) is 18.7 Å². The van der Waals surface area contributed by atoms with Gasteiger partial charge >= 0.3 is 0 Å². The first-order valence-corrected chi connectivity index (χ1v) is 8.09. The summed E-state index contributed by atoms with van der Waals surface area (Å²) in [6.45, 7) is 3.33. The first-order valence-electron chi connectivity index (χ1n) is 8.09. The van der Waals surface area contributed by atoms with Crippen molar-refractivity contribution in [2.75, 3.05) is 13.1 Å². The molecule has 122 valence electrons. The van der Waals surface area contributed by atoms with Gasteiger partial charge in [0.1, 0.15) is 5.82 Å². The molecule has 2 aromatic rings. The Balaban J connectivity index is 1.55. The Bertz CT molecular complexity index is 666. The van der Waals surface area contributed by atoms with E-state index in [2.05, 4.69) is 5.16 Å². The van der Waals surface area contributed by atoms with E-state index >= 15 is 0 Å². The second-order valence-electron chi connectivity index (χ2n) is 6.26. The van der Waals surface area contributed by atoms with Crippen LogP contribution in [-0.4, -0.2) is 29.1 Å². The molecular weight excluding hydrogens is 295 g/mol. The van der Waals surface area contributed by atoms with Crippen LogP contribution in [0.2, 0.25) is 0 Å². The number of piperidine rings is 1. The lowest BCUT2D eigenvalue weighted by Gasteiger charge is -2.32. The lowest BCUT2D eigenvalue weighted by atomic mass is 9.91. The highest BCUT2D eigenvalue weighted by Crippen LogP contribution is 2.23. The van der Waals surface area contributed by atoms with Crippen LogP contribution in [0.3, 0.4) is 0 Å². The fourth-order valence-corrected chi connectivity index (χ4v) is 3.13. The average Bonchev–Trinajstić information content (AvgIpc) is 3.00. The number of nitrogens with zero attached hydrogens (tertiary/aromatic N) is 2. The van der Waals surface area contributed by atoms with E-state index in [1.807, 2.05) is 24.0 Å². The quantitative estimate of drug-likeness (QED) is 0.865. The zero-order valence-electron chi connectivity index (χ0n) is 13.3. The summed E-state index contributed by atoms with van der Waals surface area (Å²) in [5.41, 5.74) is 1.86. The van der Waals surface area contributed by atoms with Gasteiger partial charge in [0, 0.05) is 19.2 Å². The summed E-state index contributed by atoms with van der Waals surface area (Å²) in [7, 11) is 0. The highest BCUT2D eigenvalue weighted by molar-refractivity contribution is 5.91. The SMILES string of the molecule is Cc1cc(C(=O)N2CCC[C@H](CCc3ccc(F)cc3)C2)on1. The monoisotopic (exact) mass is 316 g/mol. The van der Waals surface area contributed by atoms with Crippen LogP contribution in [0.1, 0.15) is 41.1 Å². The number of carbonyl (C=O) groups excluding carboxylic acids is 1. The van der Waals surface area contributed by atoms with E-state index in [-0.39, 0.29) is 11.7 Å². The fourth-order valence-electron chi connectivity index (χ4n) is 3.13. The number of halogens is 1. The van der Waals surface area contributed by atoms with E-state index in [1.165, 1.54) is 12.1 Å². The Hall–Kier alpha value is -2.17. The maximum atomic E-state index is 12.9. The van der Waals surface area contributed by atoms with Crippen LogP contribution in [-0.2, 0) is 6.42 Å². The Kier molecular flexibility index (Phi) is 4.74. The number of aromatic nitrogens is 1. The van der Waals surface area contributed by atoms with Gasteiger partial charge in [0.2, 0.25) is 5.76 Å². The van der Waals surface area contributed by atoms with Gasteiger partial charge in [-0.1, -0.05) is 17.3 Å². The van der Waals surface area contributed by atoms with Crippen LogP contribution < -0.4 is 0 Å². The van der Waals surface area contributed by atoms with E-state index in [9.17, 15) is 9.18 Å². The second-order valence-corrected chi connectivity index (χ2v) is 6.26. The molecule has 0 N–H and O–H groups in total. The van der Waals surface area contributed by atoms with Gasteiger partial charge in [0.25, 0.3) is 5.91 Å². The summed E-state index contributed by atoms with van der Waals surface area (Å²) in [6, 6.07) is 8.35. The largest absolute Gasteiger partial charge is 0.351 e. The molecule has 0 saturated carbocycles. The lowest BCUT2D eigenvalue weighted by molar-refractivity contribution is 0.0626. The van der Waals surface area contributed by atoms with E-state index in [0.29, 0.717) is 11.7 Å². The zero-order valence-corrected chi connectivity index (χ0v) is 13.3. The van der Waals surface area contributed by atoms with Crippen molar-refractivity contribution in [1.82, 2.24) is 10.1 Å². The Labute approximate surface area is 135 Å². The van der Waals surface area contributed by atoms with Crippen molar-refractivity contribution in [1.29, 1.82) is 0 Å². The molecule has 3 rings (SSSR count). The molecule has 2 heterocycles. The summed E-state index contributed by atoms with van der Waals surface area (Å²) >= 11 is 0. The predicted octanol–water partition coefficient (Wildman–Crippen LogP) is 3.61. The number of carbonyl (C=O) groups is 1. The van der Waals surface area contributed by atoms with Crippen molar-refractivity contribution in [3.8, 4) is 0 Å². The fraction of sp³-hybridized carbons (Fsp3) is 0.444. The molecule has 0 unspecified atom stereocenters. The van der Waals surface area contributed by atoms with Crippen molar-refractivity contribution in [3.05, 3.63) is 53.2 Å². The molecule has 1 saturated heterocycles. The summed E-state index contributed by atoms with van der Waals surface area (Å²) in [5.74, 6) is 0.520. The molecule has 1 aromatic carbocycles. The van der Waals surface area contributed by atoms with Gasteiger partial charge in [-0.15, -0.1) is 0 Å². The van der Waals surface area contributed by atoms with Crippen molar-refractivity contribution < 1.29 is 13.7 Å². The number of likely N-dealkylation sites (tertiary alicyclic amines) is 1. The third-order valence-electron chi connectivity index (χ3n) is 4.40. The molecule has 1 aromatic heterocycles. The van der Waals surface area contributed by atoms with Gasteiger partial charge in [0.05, 0.1) is 5.69 Å². The smallest absolute Gasteiger partial charge is 0.292 e. The van der Waals surface area contributed by atoms with Crippen LogP contribution >= 0.6 is 0 Å². The molecule has 1 fully saturated rings.